The van der Waals surface area contributed by atoms with E-state index in [9.17, 15) is 5.11 Å². The maximum atomic E-state index is 9.27. The minimum absolute atomic E-state index is 0.280. The molecule has 1 aromatic heterocycles. The second-order valence-electron chi connectivity index (χ2n) is 5.38. The van der Waals surface area contributed by atoms with Crippen LogP contribution in [-0.4, -0.2) is 36.3 Å². The van der Waals surface area contributed by atoms with Crippen molar-refractivity contribution in [3.8, 4) is 0 Å². The van der Waals surface area contributed by atoms with Crippen molar-refractivity contribution >= 4 is 5.82 Å². The number of hydrogen-bond donors (Lipinski definition) is 2. The van der Waals surface area contributed by atoms with Gasteiger partial charge in [-0.25, -0.2) is 4.98 Å². The highest BCUT2D eigenvalue weighted by Crippen LogP contribution is 2.28. The molecule has 1 saturated heterocycles. The number of anilines is 1. The van der Waals surface area contributed by atoms with Crippen LogP contribution in [0.5, 0.6) is 0 Å². The fraction of sp³-hybridized carbons (Fsp3) is 0.667. The van der Waals surface area contributed by atoms with Crippen LogP contribution < -0.4 is 10.2 Å². The molecule has 2 unspecified atom stereocenters. The van der Waals surface area contributed by atoms with E-state index in [0.29, 0.717) is 12.0 Å². The Kier molecular flexibility index (Phi) is 5.16. The second kappa shape index (κ2) is 6.87. The minimum atomic E-state index is 0.280. The van der Waals surface area contributed by atoms with Gasteiger partial charge >= 0.3 is 0 Å². The molecule has 1 aliphatic heterocycles. The molecule has 2 rings (SSSR count). The van der Waals surface area contributed by atoms with Crippen LogP contribution in [0.3, 0.4) is 0 Å². The number of nitrogens with one attached hydrogen (secondary N) is 1. The van der Waals surface area contributed by atoms with E-state index in [1.54, 1.807) is 0 Å². The molecule has 0 aliphatic carbocycles. The topological polar surface area (TPSA) is 48.4 Å². The van der Waals surface area contributed by atoms with Gasteiger partial charge in [0.2, 0.25) is 0 Å². The first kappa shape index (κ1) is 14.3. The average molecular weight is 263 g/mol. The van der Waals surface area contributed by atoms with Crippen molar-refractivity contribution in [3.05, 3.63) is 23.9 Å². The third-order valence-electron chi connectivity index (χ3n) is 3.83. The van der Waals surface area contributed by atoms with Crippen LogP contribution in [0.4, 0.5) is 5.82 Å². The van der Waals surface area contributed by atoms with E-state index in [4.69, 9.17) is 0 Å². The lowest BCUT2D eigenvalue weighted by atomic mass is 10.1. The highest BCUT2D eigenvalue weighted by atomic mass is 16.3. The normalized spacial score (nSPS) is 20.8. The number of nitrogens with zero attached hydrogens (tertiary/aromatic N) is 2. The highest BCUT2D eigenvalue weighted by molar-refractivity contribution is 5.49. The number of aliphatic hydroxyl groups excluding tert-OH is 1. The summed E-state index contributed by atoms with van der Waals surface area (Å²) in [5.41, 5.74) is 1.26. The smallest absolute Gasteiger partial charge is 0.133 e. The highest BCUT2D eigenvalue weighted by Gasteiger charge is 2.25. The van der Waals surface area contributed by atoms with Gasteiger partial charge in [-0.2, -0.15) is 0 Å². The Hall–Kier alpha value is -1.13. The van der Waals surface area contributed by atoms with Gasteiger partial charge in [-0.3, -0.25) is 0 Å². The Morgan fingerprint density at radius 3 is 3.11 bits per heavy atom. The number of aliphatic hydroxyl groups is 1. The maximum Gasteiger partial charge on any atom is 0.133 e. The molecule has 0 amide bonds. The zero-order valence-electron chi connectivity index (χ0n) is 12.0. The van der Waals surface area contributed by atoms with E-state index in [1.165, 1.54) is 5.56 Å². The molecule has 0 spiro atoms. The van der Waals surface area contributed by atoms with Crippen molar-refractivity contribution in [1.29, 1.82) is 0 Å². The van der Waals surface area contributed by atoms with Crippen molar-refractivity contribution in [2.45, 2.75) is 32.7 Å². The average Bonchev–Trinajstić information content (AvgIpc) is 2.93. The first-order valence-electron chi connectivity index (χ1n) is 7.30. The SMILES string of the molecule is CCCNC(C)c1cccnc1N1CCC(CO)C1. The van der Waals surface area contributed by atoms with Crippen LogP contribution >= 0.6 is 0 Å². The summed E-state index contributed by atoms with van der Waals surface area (Å²) in [6.07, 6.45) is 4.05. The number of rotatable bonds is 6. The van der Waals surface area contributed by atoms with E-state index in [-0.39, 0.29) is 6.61 Å². The van der Waals surface area contributed by atoms with Crippen molar-refractivity contribution in [3.63, 3.8) is 0 Å². The van der Waals surface area contributed by atoms with Gasteiger partial charge in [0.05, 0.1) is 0 Å². The molecule has 19 heavy (non-hydrogen) atoms. The van der Waals surface area contributed by atoms with Gasteiger partial charge in [0.15, 0.2) is 0 Å². The van der Waals surface area contributed by atoms with Gasteiger partial charge in [0.1, 0.15) is 5.82 Å². The quantitative estimate of drug-likeness (QED) is 0.824. The molecular formula is C15H25N3O. The van der Waals surface area contributed by atoms with Crippen LogP contribution in [0, 0.1) is 5.92 Å². The molecule has 1 aliphatic rings. The summed E-state index contributed by atoms with van der Waals surface area (Å²) < 4.78 is 0. The lowest BCUT2D eigenvalue weighted by Gasteiger charge is -2.24. The number of pyridine rings is 1. The summed E-state index contributed by atoms with van der Waals surface area (Å²) in [7, 11) is 0. The van der Waals surface area contributed by atoms with Crippen LogP contribution in [0.15, 0.2) is 18.3 Å². The van der Waals surface area contributed by atoms with Gasteiger partial charge in [0.25, 0.3) is 0 Å². The molecule has 106 valence electrons. The largest absolute Gasteiger partial charge is 0.396 e. The Bertz CT molecular complexity index is 397. The van der Waals surface area contributed by atoms with Gasteiger partial charge in [0, 0.05) is 43.4 Å². The third-order valence-corrected chi connectivity index (χ3v) is 3.83. The lowest BCUT2D eigenvalue weighted by molar-refractivity contribution is 0.238. The van der Waals surface area contributed by atoms with Crippen molar-refractivity contribution in [2.75, 3.05) is 31.1 Å². The molecular weight excluding hydrogens is 238 g/mol. The molecule has 2 atom stereocenters. The van der Waals surface area contributed by atoms with E-state index in [1.807, 2.05) is 12.3 Å². The van der Waals surface area contributed by atoms with Crippen molar-refractivity contribution in [2.24, 2.45) is 5.92 Å². The Balaban J connectivity index is 2.12. The third kappa shape index (κ3) is 3.45. The molecule has 0 radical (unpaired) electrons. The first-order chi connectivity index (χ1) is 9.26. The zero-order valence-corrected chi connectivity index (χ0v) is 12.0. The summed E-state index contributed by atoms with van der Waals surface area (Å²) in [5, 5.41) is 12.8. The van der Waals surface area contributed by atoms with Crippen LogP contribution in [0.2, 0.25) is 0 Å². The summed E-state index contributed by atoms with van der Waals surface area (Å²) in [5.74, 6) is 1.48. The van der Waals surface area contributed by atoms with E-state index in [2.05, 4.69) is 35.1 Å². The standard InChI is InChI=1S/C15H25N3O/c1-3-7-16-12(2)14-5-4-8-17-15(14)18-9-6-13(10-18)11-19/h4-5,8,12-13,16,19H,3,6-7,9-11H2,1-2H3. The van der Waals surface area contributed by atoms with Crippen molar-refractivity contribution in [1.82, 2.24) is 10.3 Å². The van der Waals surface area contributed by atoms with Gasteiger partial charge in [-0.15, -0.1) is 0 Å². The molecule has 4 nitrogen and oxygen atoms in total. The molecule has 2 heterocycles. The zero-order chi connectivity index (χ0) is 13.7. The van der Waals surface area contributed by atoms with E-state index in [0.717, 1.165) is 38.3 Å². The Morgan fingerprint density at radius 2 is 2.42 bits per heavy atom. The molecule has 2 N–H and O–H groups in total. The lowest BCUT2D eigenvalue weighted by Crippen LogP contribution is -2.26. The van der Waals surface area contributed by atoms with Crippen molar-refractivity contribution < 1.29 is 5.11 Å². The second-order valence-corrected chi connectivity index (χ2v) is 5.38. The predicted molar refractivity (Wildman–Crippen MR) is 78.4 cm³/mol. The summed E-state index contributed by atoms with van der Waals surface area (Å²) in [6, 6.07) is 4.47. The Morgan fingerprint density at radius 1 is 1.58 bits per heavy atom. The summed E-state index contributed by atoms with van der Waals surface area (Å²) in [6.45, 7) is 7.58. The summed E-state index contributed by atoms with van der Waals surface area (Å²) in [4.78, 5) is 6.87. The van der Waals surface area contributed by atoms with Crippen LogP contribution in [-0.2, 0) is 0 Å². The van der Waals surface area contributed by atoms with Gasteiger partial charge < -0.3 is 15.3 Å². The van der Waals surface area contributed by atoms with Crippen LogP contribution in [0.1, 0.15) is 38.3 Å². The molecule has 0 bridgehead atoms. The maximum absolute atomic E-state index is 9.27. The van der Waals surface area contributed by atoms with E-state index < -0.39 is 0 Å². The fourth-order valence-electron chi connectivity index (χ4n) is 2.66. The van der Waals surface area contributed by atoms with Crippen LogP contribution in [0.25, 0.3) is 0 Å². The molecule has 4 heteroatoms. The molecule has 1 aromatic rings. The number of hydrogen-bond acceptors (Lipinski definition) is 4. The molecule has 0 saturated carbocycles. The van der Waals surface area contributed by atoms with E-state index >= 15 is 0 Å². The first-order valence-corrected chi connectivity index (χ1v) is 7.30. The summed E-state index contributed by atoms with van der Waals surface area (Å²) >= 11 is 0. The molecule has 1 fully saturated rings. The number of aromatic nitrogens is 1. The van der Waals surface area contributed by atoms with Gasteiger partial charge in [-0.05, 0) is 32.4 Å². The fourth-order valence-corrected chi connectivity index (χ4v) is 2.66. The predicted octanol–water partition coefficient (Wildman–Crippen LogP) is 1.96. The van der Waals surface area contributed by atoms with Gasteiger partial charge in [-0.1, -0.05) is 13.0 Å². The monoisotopic (exact) mass is 263 g/mol. The molecule has 0 aromatic carbocycles. The Labute approximate surface area is 115 Å². The minimum Gasteiger partial charge on any atom is -0.396 e.